The first-order valence-electron chi connectivity index (χ1n) is 6.91. The Bertz CT molecular complexity index is 414. The summed E-state index contributed by atoms with van der Waals surface area (Å²) >= 11 is 5.53. The molecule has 0 saturated carbocycles. The molecular weight excluding hydrogens is 262 g/mol. The third-order valence-electron chi connectivity index (χ3n) is 3.46. The predicted octanol–water partition coefficient (Wildman–Crippen LogP) is 3.32. The van der Waals surface area contributed by atoms with Crippen molar-refractivity contribution >= 4 is 16.8 Å². The Morgan fingerprint density at radius 2 is 1.84 bits per heavy atom. The minimum Gasteiger partial charge on any atom is -0.491 e. The van der Waals surface area contributed by atoms with Crippen LogP contribution in [-0.4, -0.2) is 36.4 Å². The molecule has 1 heterocycles. The Kier molecular flexibility index (Phi) is 5.67. The number of hydrogen-bond donors (Lipinski definition) is 0. The summed E-state index contributed by atoms with van der Waals surface area (Å²) in [5.41, 5.74) is 0.444. The molecule has 3 nitrogen and oxygen atoms in total. The van der Waals surface area contributed by atoms with Gasteiger partial charge in [0.1, 0.15) is 12.4 Å². The SMILES string of the molecule is O=C(Cl)c1ccccc1OCCN1CCCCCC1. The maximum Gasteiger partial charge on any atom is 0.256 e. The van der Waals surface area contributed by atoms with Crippen LogP contribution in [0.1, 0.15) is 36.0 Å². The number of halogens is 1. The van der Waals surface area contributed by atoms with Crippen LogP contribution < -0.4 is 4.74 Å². The molecule has 1 aromatic rings. The van der Waals surface area contributed by atoms with Crippen LogP contribution in [0, 0.1) is 0 Å². The van der Waals surface area contributed by atoms with Crippen LogP contribution in [0.25, 0.3) is 0 Å². The number of carbonyl (C=O) groups excluding carboxylic acids is 1. The van der Waals surface area contributed by atoms with E-state index in [2.05, 4.69) is 4.90 Å². The molecular formula is C15H20ClNO2. The number of carbonyl (C=O) groups is 1. The fraction of sp³-hybridized carbons (Fsp3) is 0.533. The second kappa shape index (κ2) is 7.51. The van der Waals surface area contributed by atoms with Gasteiger partial charge in [-0.25, -0.2) is 0 Å². The van der Waals surface area contributed by atoms with Crippen molar-refractivity contribution in [1.29, 1.82) is 0 Å². The van der Waals surface area contributed by atoms with Gasteiger partial charge >= 0.3 is 0 Å². The number of para-hydroxylation sites is 1. The lowest BCUT2D eigenvalue weighted by Gasteiger charge is -2.20. The van der Waals surface area contributed by atoms with E-state index in [4.69, 9.17) is 16.3 Å². The molecule has 1 saturated heterocycles. The van der Waals surface area contributed by atoms with Crippen molar-refractivity contribution in [2.75, 3.05) is 26.2 Å². The molecule has 0 radical (unpaired) electrons. The summed E-state index contributed by atoms with van der Waals surface area (Å²) in [6.45, 7) is 3.81. The van der Waals surface area contributed by atoms with E-state index in [0.29, 0.717) is 17.9 Å². The van der Waals surface area contributed by atoms with Gasteiger partial charge in [-0.1, -0.05) is 25.0 Å². The van der Waals surface area contributed by atoms with Crippen LogP contribution in [0.5, 0.6) is 5.75 Å². The summed E-state index contributed by atoms with van der Waals surface area (Å²) in [5.74, 6) is 0.581. The molecule has 0 amide bonds. The molecule has 0 N–H and O–H groups in total. The van der Waals surface area contributed by atoms with Crippen LogP contribution >= 0.6 is 11.6 Å². The number of likely N-dealkylation sites (tertiary alicyclic amines) is 1. The van der Waals surface area contributed by atoms with Crippen LogP contribution in [-0.2, 0) is 0 Å². The molecule has 19 heavy (non-hydrogen) atoms. The van der Waals surface area contributed by atoms with Gasteiger partial charge in [0.2, 0.25) is 0 Å². The zero-order chi connectivity index (χ0) is 13.5. The topological polar surface area (TPSA) is 29.5 Å². The van der Waals surface area contributed by atoms with E-state index in [1.807, 2.05) is 6.07 Å². The molecule has 0 aliphatic carbocycles. The van der Waals surface area contributed by atoms with Gasteiger partial charge in [0.15, 0.2) is 0 Å². The quantitative estimate of drug-likeness (QED) is 0.776. The molecule has 0 spiro atoms. The average molecular weight is 282 g/mol. The van der Waals surface area contributed by atoms with Crippen LogP contribution in [0.2, 0.25) is 0 Å². The molecule has 1 aliphatic rings. The lowest BCUT2D eigenvalue weighted by Crippen LogP contribution is -2.29. The molecule has 1 aliphatic heterocycles. The van der Waals surface area contributed by atoms with Gasteiger partial charge in [0, 0.05) is 6.54 Å². The first-order valence-corrected chi connectivity index (χ1v) is 7.29. The van der Waals surface area contributed by atoms with Gasteiger partial charge in [0.25, 0.3) is 5.24 Å². The number of ether oxygens (including phenoxy) is 1. The highest BCUT2D eigenvalue weighted by Crippen LogP contribution is 2.20. The molecule has 0 unspecified atom stereocenters. The van der Waals surface area contributed by atoms with E-state index < -0.39 is 5.24 Å². The molecule has 1 aromatic carbocycles. The minimum atomic E-state index is -0.467. The first kappa shape index (κ1) is 14.4. The Morgan fingerprint density at radius 1 is 1.16 bits per heavy atom. The first-order chi connectivity index (χ1) is 9.27. The highest BCUT2D eigenvalue weighted by molar-refractivity contribution is 6.68. The fourth-order valence-electron chi connectivity index (χ4n) is 2.40. The van der Waals surface area contributed by atoms with Crippen molar-refractivity contribution in [3.05, 3.63) is 29.8 Å². The van der Waals surface area contributed by atoms with Gasteiger partial charge in [-0.2, -0.15) is 0 Å². The van der Waals surface area contributed by atoms with Crippen molar-refractivity contribution in [3.8, 4) is 5.75 Å². The predicted molar refractivity (Wildman–Crippen MR) is 77.0 cm³/mol. The third-order valence-corrected chi connectivity index (χ3v) is 3.67. The zero-order valence-corrected chi connectivity index (χ0v) is 11.9. The Morgan fingerprint density at radius 3 is 2.53 bits per heavy atom. The number of benzene rings is 1. The van der Waals surface area contributed by atoms with Crippen molar-refractivity contribution < 1.29 is 9.53 Å². The summed E-state index contributed by atoms with van der Waals surface area (Å²) in [6.07, 6.45) is 5.22. The van der Waals surface area contributed by atoms with E-state index in [0.717, 1.165) is 19.6 Å². The number of rotatable bonds is 5. The van der Waals surface area contributed by atoms with E-state index in [1.165, 1.54) is 25.7 Å². The van der Waals surface area contributed by atoms with E-state index in [-0.39, 0.29) is 0 Å². The zero-order valence-electron chi connectivity index (χ0n) is 11.1. The second-order valence-corrected chi connectivity index (χ2v) is 5.22. The maximum absolute atomic E-state index is 11.3. The Labute approximate surface area is 119 Å². The standard InChI is InChI=1S/C15H20ClNO2/c16-15(18)13-7-3-4-8-14(13)19-12-11-17-9-5-1-2-6-10-17/h3-4,7-8H,1-2,5-6,9-12H2. The summed E-state index contributed by atoms with van der Waals surface area (Å²) in [7, 11) is 0. The average Bonchev–Trinajstić information content (AvgIpc) is 2.68. The van der Waals surface area contributed by atoms with Crippen molar-refractivity contribution in [2.24, 2.45) is 0 Å². The molecule has 104 valence electrons. The summed E-state index contributed by atoms with van der Waals surface area (Å²) < 4.78 is 5.70. The van der Waals surface area contributed by atoms with Gasteiger partial charge < -0.3 is 4.74 Å². The molecule has 0 aromatic heterocycles. The Hall–Kier alpha value is -1.06. The fourth-order valence-corrected chi connectivity index (χ4v) is 2.56. The highest BCUT2D eigenvalue weighted by atomic mass is 35.5. The summed E-state index contributed by atoms with van der Waals surface area (Å²) in [6, 6.07) is 7.12. The highest BCUT2D eigenvalue weighted by Gasteiger charge is 2.11. The summed E-state index contributed by atoms with van der Waals surface area (Å²) in [4.78, 5) is 13.7. The lowest BCUT2D eigenvalue weighted by molar-refractivity contribution is 0.107. The summed E-state index contributed by atoms with van der Waals surface area (Å²) in [5, 5.41) is -0.467. The van der Waals surface area contributed by atoms with E-state index >= 15 is 0 Å². The number of nitrogens with zero attached hydrogens (tertiary/aromatic N) is 1. The van der Waals surface area contributed by atoms with Crippen LogP contribution in [0.3, 0.4) is 0 Å². The Balaban J connectivity index is 1.83. The van der Waals surface area contributed by atoms with Gasteiger partial charge in [0.05, 0.1) is 5.56 Å². The molecule has 0 atom stereocenters. The monoisotopic (exact) mass is 281 g/mol. The maximum atomic E-state index is 11.3. The third kappa shape index (κ3) is 4.51. The van der Waals surface area contributed by atoms with Crippen molar-refractivity contribution in [1.82, 2.24) is 4.90 Å². The number of hydrogen-bond acceptors (Lipinski definition) is 3. The molecule has 0 bridgehead atoms. The smallest absolute Gasteiger partial charge is 0.256 e. The minimum absolute atomic E-state index is 0.444. The van der Waals surface area contributed by atoms with E-state index in [9.17, 15) is 4.79 Å². The molecule has 2 rings (SSSR count). The van der Waals surface area contributed by atoms with E-state index in [1.54, 1.807) is 18.2 Å². The van der Waals surface area contributed by atoms with Crippen LogP contribution in [0.4, 0.5) is 0 Å². The largest absolute Gasteiger partial charge is 0.491 e. The van der Waals surface area contributed by atoms with Gasteiger partial charge in [-0.3, -0.25) is 9.69 Å². The molecule has 4 heteroatoms. The van der Waals surface area contributed by atoms with Crippen LogP contribution in [0.15, 0.2) is 24.3 Å². The normalized spacial score (nSPS) is 16.9. The van der Waals surface area contributed by atoms with Gasteiger partial charge in [-0.05, 0) is 49.7 Å². The van der Waals surface area contributed by atoms with Gasteiger partial charge in [-0.15, -0.1) is 0 Å². The second-order valence-electron chi connectivity index (χ2n) is 4.87. The lowest BCUT2D eigenvalue weighted by atomic mass is 10.2. The van der Waals surface area contributed by atoms with Crippen molar-refractivity contribution in [2.45, 2.75) is 25.7 Å². The molecule has 1 fully saturated rings. The van der Waals surface area contributed by atoms with Crippen molar-refractivity contribution in [3.63, 3.8) is 0 Å².